The number of anilines is 1. The number of pyridine rings is 1. The van der Waals surface area contributed by atoms with Crippen LogP contribution in [0.3, 0.4) is 0 Å². The van der Waals surface area contributed by atoms with Crippen molar-refractivity contribution in [2.75, 3.05) is 71.0 Å². The summed E-state index contributed by atoms with van der Waals surface area (Å²) in [5.74, 6) is 2.02. The zero-order valence-electron chi connectivity index (χ0n) is 18.8. The normalized spacial score (nSPS) is 25.4. The van der Waals surface area contributed by atoms with E-state index in [-0.39, 0.29) is 36.2 Å². The van der Waals surface area contributed by atoms with Crippen molar-refractivity contribution in [3.63, 3.8) is 0 Å². The van der Waals surface area contributed by atoms with Gasteiger partial charge in [-0.1, -0.05) is 6.07 Å². The average Bonchev–Trinajstić information content (AvgIpc) is 3.33. The summed E-state index contributed by atoms with van der Waals surface area (Å²) in [6.45, 7) is 11.1. The van der Waals surface area contributed by atoms with Gasteiger partial charge in [-0.2, -0.15) is 0 Å². The second-order valence-corrected chi connectivity index (χ2v) is 8.39. The molecular weight excluding hydrogens is 507 g/mol. The number of rotatable bonds is 5. The standard InChI is InChI=1S/C22H36N6O2.HI/c1-3-23-22(28-12-14-30-20(17-28)19-5-4-13-29-19)25-16-18-6-7-21(24-15-18)27-10-8-26(2)9-11-27;/h6-7,15,19-20H,3-5,8-14,16-17H2,1-2H3,(H,23,25);1H. The van der Waals surface area contributed by atoms with Crippen molar-refractivity contribution >= 4 is 35.8 Å². The van der Waals surface area contributed by atoms with Gasteiger partial charge in [-0.3, -0.25) is 0 Å². The molecule has 3 aliphatic rings. The molecule has 9 heteroatoms. The van der Waals surface area contributed by atoms with Gasteiger partial charge in [0.1, 0.15) is 11.9 Å². The van der Waals surface area contributed by atoms with E-state index < -0.39 is 0 Å². The molecule has 0 spiro atoms. The molecule has 0 saturated carbocycles. The van der Waals surface area contributed by atoms with Crippen LogP contribution in [-0.4, -0.2) is 99.0 Å². The fraction of sp³-hybridized carbons (Fsp3) is 0.727. The number of hydrogen-bond donors (Lipinski definition) is 1. The number of aromatic nitrogens is 1. The van der Waals surface area contributed by atoms with Crippen molar-refractivity contribution in [1.29, 1.82) is 0 Å². The highest BCUT2D eigenvalue weighted by molar-refractivity contribution is 14.0. The minimum absolute atomic E-state index is 0. The van der Waals surface area contributed by atoms with Crippen molar-refractivity contribution in [2.24, 2.45) is 4.99 Å². The second kappa shape index (κ2) is 12.2. The Morgan fingerprint density at radius 2 is 1.94 bits per heavy atom. The highest BCUT2D eigenvalue weighted by atomic mass is 127. The molecular formula is C22H37IN6O2. The Morgan fingerprint density at radius 1 is 1.13 bits per heavy atom. The molecule has 1 N–H and O–H groups in total. The van der Waals surface area contributed by atoms with Gasteiger partial charge in [0.25, 0.3) is 0 Å². The Balaban J connectivity index is 0.00000272. The topological polar surface area (TPSA) is 65.5 Å². The van der Waals surface area contributed by atoms with Crippen LogP contribution in [0, 0.1) is 0 Å². The Labute approximate surface area is 203 Å². The molecule has 3 fully saturated rings. The Kier molecular flexibility index (Phi) is 9.61. The minimum atomic E-state index is 0. The molecule has 3 saturated heterocycles. The number of halogens is 1. The first-order valence-electron chi connectivity index (χ1n) is 11.4. The van der Waals surface area contributed by atoms with Gasteiger partial charge in [0.2, 0.25) is 0 Å². The van der Waals surface area contributed by atoms with Gasteiger partial charge < -0.3 is 29.5 Å². The van der Waals surface area contributed by atoms with Crippen LogP contribution >= 0.6 is 24.0 Å². The van der Waals surface area contributed by atoms with E-state index in [2.05, 4.69) is 46.1 Å². The molecule has 0 aliphatic carbocycles. The summed E-state index contributed by atoms with van der Waals surface area (Å²) in [5.41, 5.74) is 1.13. The van der Waals surface area contributed by atoms with E-state index in [1.165, 1.54) is 0 Å². The van der Waals surface area contributed by atoms with E-state index in [0.29, 0.717) is 6.54 Å². The molecule has 174 valence electrons. The highest BCUT2D eigenvalue weighted by Crippen LogP contribution is 2.21. The van der Waals surface area contributed by atoms with Crippen LogP contribution in [0.1, 0.15) is 25.3 Å². The number of ether oxygens (including phenoxy) is 2. The van der Waals surface area contributed by atoms with Gasteiger partial charge in [-0.15, -0.1) is 24.0 Å². The summed E-state index contributed by atoms with van der Waals surface area (Å²) in [7, 11) is 2.17. The molecule has 0 aromatic carbocycles. The minimum Gasteiger partial charge on any atom is -0.375 e. The molecule has 8 nitrogen and oxygen atoms in total. The van der Waals surface area contributed by atoms with Crippen LogP contribution < -0.4 is 10.2 Å². The van der Waals surface area contributed by atoms with Crippen LogP contribution in [0.4, 0.5) is 5.82 Å². The molecule has 1 aromatic heterocycles. The van der Waals surface area contributed by atoms with Crippen LogP contribution in [0.15, 0.2) is 23.3 Å². The molecule has 4 rings (SSSR count). The molecule has 0 amide bonds. The number of aliphatic imine (C=N–C) groups is 1. The monoisotopic (exact) mass is 544 g/mol. The van der Waals surface area contributed by atoms with E-state index in [0.717, 1.165) is 89.2 Å². The number of morpholine rings is 1. The summed E-state index contributed by atoms with van der Waals surface area (Å²) in [5, 5.41) is 3.45. The van der Waals surface area contributed by atoms with Gasteiger partial charge in [0.05, 0.1) is 19.3 Å². The number of nitrogens with one attached hydrogen (secondary N) is 1. The van der Waals surface area contributed by atoms with Gasteiger partial charge in [-0.05, 0) is 38.4 Å². The third-order valence-electron chi connectivity index (χ3n) is 6.16. The first-order chi connectivity index (χ1) is 14.7. The lowest BCUT2D eigenvalue weighted by Crippen LogP contribution is -2.53. The summed E-state index contributed by atoms with van der Waals surface area (Å²) < 4.78 is 11.8. The number of likely N-dealkylation sites (N-methyl/N-ethyl adjacent to an activating group) is 1. The SMILES string of the molecule is CCNC(=NCc1ccc(N2CCN(C)CC2)nc1)N1CCOC(C2CCCO2)C1.I. The van der Waals surface area contributed by atoms with Gasteiger partial charge in [0, 0.05) is 58.6 Å². The van der Waals surface area contributed by atoms with Crippen molar-refractivity contribution in [3.05, 3.63) is 23.9 Å². The predicted octanol–water partition coefficient (Wildman–Crippen LogP) is 1.80. The first-order valence-corrected chi connectivity index (χ1v) is 11.4. The lowest BCUT2D eigenvalue weighted by Gasteiger charge is -2.37. The Bertz CT molecular complexity index is 690. The maximum atomic E-state index is 5.99. The van der Waals surface area contributed by atoms with E-state index in [4.69, 9.17) is 19.5 Å². The third kappa shape index (κ3) is 6.66. The first kappa shape index (κ1) is 24.5. The van der Waals surface area contributed by atoms with E-state index in [1.54, 1.807) is 0 Å². The Hall–Kier alpha value is -1.17. The van der Waals surface area contributed by atoms with Gasteiger partial charge in [0.15, 0.2) is 5.96 Å². The molecule has 4 heterocycles. The lowest BCUT2D eigenvalue weighted by atomic mass is 10.1. The van der Waals surface area contributed by atoms with Crippen LogP contribution in [0.5, 0.6) is 0 Å². The van der Waals surface area contributed by atoms with Crippen molar-refractivity contribution < 1.29 is 9.47 Å². The van der Waals surface area contributed by atoms with Gasteiger partial charge >= 0.3 is 0 Å². The number of guanidine groups is 1. The molecule has 2 unspecified atom stereocenters. The number of hydrogen-bond acceptors (Lipinski definition) is 6. The van der Waals surface area contributed by atoms with Crippen LogP contribution in [-0.2, 0) is 16.0 Å². The van der Waals surface area contributed by atoms with E-state index >= 15 is 0 Å². The predicted molar refractivity (Wildman–Crippen MR) is 134 cm³/mol. The largest absolute Gasteiger partial charge is 0.375 e. The van der Waals surface area contributed by atoms with Crippen molar-refractivity contribution in [1.82, 2.24) is 20.1 Å². The van der Waals surface area contributed by atoms with Crippen molar-refractivity contribution in [3.8, 4) is 0 Å². The smallest absolute Gasteiger partial charge is 0.194 e. The van der Waals surface area contributed by atoms with Gasteiger partial charge in [-0.25, -0.2) is 9.98 Å². The fourth-order valence-corrected chi connectivity index (χ4v) is 4.31. The van der Waals surface area contributed by atoms with Crippen LogP contribution in [0.25, 0.3) is 0 Å². The quantitative estimate of drug-likeness (QED) is 0.345. The molecule has 3 aliphatic heterocycles. The molecule has 2 atom stereocenters. The zero-order chi connectivity index (χ0) is 20.8. The maximum absolute atomic E-state index is 5.99. The summed E-state index contributed by atoms with van der Waals surface area (Å²) in [6.07, 6.45) is 4.55. The maximum Gasteiger partial charge on any atom is 0.194 e. The highest BCUT2D eigenvalue weighted by Gasteiger charge is 2.32. The third-order valence-corrected chi connectivity index (χ3v) is 6.16. The summed E-state index contributed by atoms with van der Waals surface area (Å²) in [6, 6.07) is 4.29. The number of piperazine rings is 1. The second-order valence-electron chi connectivity index (χ2n) is 8.39. The molecule has 31 heavy (non-hydrogen) atoms. The molecule has 0 bridgehead atoms. The zero-order valence-corrected chi connectivity index (χ0v) is 21.2. The van der Waals surface area contributed by atoms with Crippen LogP contribution in [0.2, 0.25) is 0 Å². The van der Waals surface area contributed by atoms with E-state index in [9.17, 15) is 0 Å². The van der Waals surface area contributed by atoms with Crippen molar-refractivity contribution in [2.45, 2.75) is 38.5 Å². The molecule has 0 radical (unpaired) electrons. The van der Waals surface area contributed by atoms with E-state index in [1.807, 2.05) is 6.20 Å². The summed E-state index contributed by atoms with van der Waals surface area (Å²) in [4.78, 5) is 16.6. The number of nitrogens with zero attached hydrogens (tertiary/aromatic N) is 5. The fourth-order valence-electron chi connectivity index (χ4n) is 4.31. The average molecular weight is 544 g/mol. The summed E-state index contributed by atoms with van der Waals surface area (Å²) >= 11 is 0. The Morgan fingerprint density at radius 3 is 2.61 bits per heavy atom. The molecule has 1 aromatic rings. The lowest BCUT2D eigenvalue weighted by molar-refractivity contribution is -0.0817.